The number of hydrogen-bond acceptors (Lipinski definition) is 1. The second-order valence-electron chi connectivity index (χ2n) is 4.12. The van der Waals surface area contributed by atoms with Gasteiger partial charge in [-0.05, 0) is 46.3 Å². The lowest BCUT2D eigenvalue weighted by atomic mass is 10.1. The first-order valence-corrected chi connectivity index (χ1v) is 7.30. The summed E-state index contributed by atoms with van der Waals surface area (Å²) in [4.78, 5) is 12.1. The van der Waals surface area contributed by atoms with Gasteiger partial charge < -0.3 is 5.32 Å². The van der Waals surface area contributed by atoms with Crippen LogP contribution in [0.3, 0.4) is 0 Å². The summed E-state index contributed by atoms with van der Waals surface area (Å²) in [5, 5.41) is 2.29. The summed E-state index contributed by atoms with van der Waals surface area (Å²) in [5.41, 5.74) is -0.911. The zero-order chi connectivity index (χ0) is 15.6. The first-order valence-electron chi connectivity index (χ1n) is 5.71. The summed E-state index contributed by atoms with van der Waals surface area (Å²) >= 11 is 6.45. The Morgan fingerprint density at radius 1 is 1.05 bits per heavy atom. The fraction of sp³-hybridized carbons (Fsp3) is 0.0714. The molecule has 0 aliphatic heterocycles. The van der Waals surface area contributed by atoms with E-state index in [0.717, 1.165) is 10.5 Å². The first kappa shape index (κ1) is 16.0. The molecule has 0 saturated heterocycles. The van der Waals surface area contributed by atoms with E-state index in [9.17, 15) is 18.0 Å². The van der Waals surface area contributed by atoms with E-state index in [-0.39, 0.29) is 11.3 Å². The van der Waals surface area contributed by atoms with E-state index in [1.165, 1.54) is 24.3 Å². The highest BCUT2D eigenvalue weighted by atomic mass is 79.9. The van der Waals surface area contributed by atoms with Crippen molar-refractivity contribution in [3.63, 3.8) is 0 Å². The minimum Gasteiger partial charge on any atom is -0.321 e. The van der Waals surface area contributed by atoms with E-state index < -0.39 is 17.6 Å². The van der Waals surface area contributed by atoms with Gasteiger partial charge in [0.25, 0.3) is 5.91 Å². The molecule has 1 amide bonds. The molecule has 2 aromatic rings. The number of amides is 1. The number of para-hydroxylation sites is 1. The second-order valence-corrected chi connectivity index (χ2v) is 5.89. The lowest BCUT2D eigenvalue weighted by Gasteiger charge is -2.14. The Labute approximate surface area is 135 Å². The number of alkyl halides is 3. The Kier molecular flexibility index (Phi) is 4.73. The van der Waals surface area contributed by atoms with Crippen LogP contribution < -0.4 is 5.32 Å². The van der Waals surface area contributed by atoms with Gasteiger partial charge in [0.05, 0.1) is 16.8 Å². The SMILES string of the molecule is O=C(Nc1ccccc1C(F)(F)F)c1ccc(Br)cc1Br. The highest BCUT2D eigenvalue weighted by molar-refractivity contribution is 9.11. The molecular weight excluding hydrogens is 415 g/mol. The fourth-order valence-corrected chi connectivity index (χ4v) is 2.93. The maximum absolute atomic E-state index is 12.9. The molecule has 0 bridgehead atoms. The van der Waals surface area contributed by atoms with Crippen LogP contribution >= 0.6 is 31.9 Å². The van der Waals surface area contributed by atoms with Crippen molar-refractivity contribution in [3.8, 4) is 0 Å². The summed E-state index contributed by atoms with van der Waals surface area (Å²) in [6.45, 7) is 0. The number of nitrogens with one attached hydrogen (secondary N) is 1. The van der Waals surface area contributed by atoms with Gasteiger partial charge in [-0.25, -0.2) is 0 Å². The zero-order valence-corrected chi connectivity index (χ0v) is 13.5. The van der Waals surface area contributed by atoms with Crippen molar-refractivity contribution in [2.75, 3.05) is 5.32 Å². The molecule has 0 atom stereocenters. The lowest BCUT2D eigenvalue weighted by Crippen LogP contribution is -2.17. The van der Waals surface area contributed by atoms with Gasteiger partial charge in [-0.15, -0.1) is 0 Å². The van der Waals surface area contributed by atoms with E-state index in [1.54, 1.807) is 12.1 Å². The van der Waals surface area contributed by atoms with Crippen LogP contribution in [0, 0.1) is 0 Å². The molecule has 2 rings (SSSR count). The minimum absolute atomic E-state index is 0.246. The highest BCUT2D eigenvalue weighted by Crippen LogP contribution is 2.35. The van der Waals surface area contributed by atoms with Crippen LogP contribution in [0.5, 0.6) is 0 Å². The molecule has 0 heterocycles. The van der Waals surface area contributed by atoms with Crippen LogP contribution in [-0.4, -0.2) is 5.91 Å². The van der Waals surface area contributed by atoms with Gasteiger partial charge >= 0.3 is 6.18 Å². The number of halogens is 5. The van der Waals surface area contributed by atoms with Gasteiger partial charge in [0.15, 0.2) is 0 Å². The smallest absolute Gasteiger partial charge is 0.321 e. The number of carbonyl (C=O) groups is 1. The van der Waals surface area contributed by atoms with Crippen LogP contribution in [0.1, 0.15) is 15.9 Å². The van der Waals surface area contributed by atoms with Crippen molar-refractivity contribution in [2.45, 2.75) is 6.18 Å². The van der Waals surface area contributed by atoms with Gasteiger partial charge in [-0.1, -0.05) is 28.1 Å². The highest BCUT2D eigenvalue weighted by Gasteiger charge is 2.33. The number of rotatable bonds is 2. The number of hydrogen-bond donors (Lipinski definition) is 1. The Bertz CT molecular complexity index is 686. The quantitative estimate of drug-likeness (QED) is 0.681. The third kappa shape index (κ3) is 3.85. The standard InChI is InChI=1S/C14H8Br2F3NO/c15-8-5-6-9(11(16)7-8)13(21)20-12-4-2-1-3-10(12)14(17,18)19/h1-7H,(H,20,21). The van der Waals surface area contributed by atoms with Crippen LogP contribution in [0.4, 0.5) is 18.9 Å². The molecule has 21 heavy (non-hydrogen) atoms. The molecule has 0 spiro atoms. The van der Waals surface area contributed by atoms with Crippen molar-refractivity contribution in [1.82, 2.24) is 0 Å². The average Bonchev–Trinajstić information content (AvgIpc) is 2.37. The van der Waals surface area contributed by atoms with E-state index in [4.69, 9.17) is 0 Å². The molecule has 0 aliphatic rings. The van der Waals surface area contributed by atoms with Crippen molar-refractivity contribution in [2.24, 2.45) is 0 Å². The fourth-order valence-electron chi connectivity index (χ4n) is 1.70. The van der Waals surface area contributed by atoms with E-state index in [2.05, 4.69) is 37.2 Å². The summed E-state index contributed by atoms with van der Waals surface area (Å²) < 4.78 is 39.8. The molecule has 2 nitrogen and oxygen atoms in total. The summed E-state index contributed by atoms with van der Waals surface area (Å²) in [6, 6.07) is 9.63. The molecular formula is C14H8Br2F3NO. The number of carbonyl (C=O) groups excluding carboxylic acids is 1. The van der Waals surface area contributed by atoms with Crippen molar-refractivity contribution in [1.29, 1.82) is 0 Å². The van der Waals surface area contributed by atoms with Gasteiger partial charge in [0, 0.05) is 8.95 Å². The summed E-state index contributed by atoms with van der Waals surface area (Å²) in [5.74, 6) is -0.619. The van der Waals surface area contributed by atoms with Crippen LogP contribution in [0.15, 0.2) is 51.4 Å². The minimum atomic E-state index is -4.53. The molecule has 7 heteroatoms. The normalized spacial score (nSPS) is 11.3. The summed E-state index contributed by atoms with van der Waals surface area (Å²) in [7, 11) is 0. The molecule has 0 radical (unpaired) electrons. The van der Waals surface area contributed by atoms with Crippen molar-refractivity contribution in [3.05, 3.63) is 62.5 Å². The predicted molar refractivity (Wildman–Crippen MR) is 81.2 cm³/mol. The molecule has 0 saturated carbocycles. The molecule has 0 fully saturated rings. The Hall–Kier alpha value is -1.34. The molecule has 0 aliphatic carbocycles. The molecule has 0 aromatic heterocycles. The van der Waals surface area contributed by atoms with Crippen molar-refractivity contribution >= 4 is 43.5 Å². The third-order valence-electron chi connectivity index (χ3n) is 2.66. The van der Waals surface area contributed by atoms with Crippen LogP contribution in [-0.2, 0) is 6.18 Å². The summed E-state index contributed by atoms with van der Waals surface area (Å²) in [6.07, 6.45) is -4.53. The van der Waals surface area contributed by atoms with Gasteiger partial charge in [-0.3, -0.25) is 4.79 Å². The number of benzene rings is 2. The van der Waals surface area contributed by atoms with E-state index >= 15 is 0 Å². The van der Waals surface area contributed by atoms with Crippen LogP contribution in [0.2, 0.25) is 0 Å². The Balaban J connectivity index is 2.32. The zero-order valence-electron chi connectivity index (χ0n) is 10.3. The Morgan fingerprint density at radius 3 is 2.33 bits per heavy atom. The van der Waals surface area contributed by atoms with E-state index in [1.807, 2.05) is 0 Å². The average molecular weight is 423 g/mol. The largest absolute Gasteiger partial charge is 0.418 e. The first-order chi connectivity index (χ1) is 9.79. The Morgan fingerprint density at radius 2 is 1.71 bits per heavy atom. The maximum Gasteiger partial charge on any atom is 0.418 e. The number of anilines is 1. The molecule has 2 aromatic carbocycles. The third-order valence-corrected chi connectivity index (χ3v) is 3.81. The van der Waals surface area contributed by atoms with Crippen molar-refractivity contribution < 1.29 is 18.0 Å². The topological polar surface area (TPSA) is 29.1 Å². The van der Waals surface area contributed by atoms with Gasteiger partial charge in [0.2, 0.25) is 0 Å². The molecule has 1 N–H and O–H groups in total. The monoisotopic (exact) mass is 421 g/mol. The lowest BCUT2D eigenvalue weighted by molar-refractivity contribution is -0.136. The van der Waals surface area contributed by atoms with E-state index in [0.29, 0.717) is 4.47 Å². The molecule has 0 unspecified atom stereocenters. The maximum atomic E-state index is 12.9. The second kappa shape index (κ2) is 6.19. The van der Waals surface area contributed by atoms with Gasteiger partial charge in [0.1, 0.15) is 0 Å². The van der Waals surface area contributed by atoms with Gasteiger partial charge in [-0.2, -0.15) is 13.2 Å². The molecule has 110 valence electrons. The van der Waals surface area contributed by atoms with Crippen LogP contribution in [0.25, 0.3) is 0 Å². The predicted octanol–water partition coefficient (Wildman–Crippen LogP) is 5.48.